The Bertz CT molecular complexity index is 674. The van der Waals surface area contributed by atoms with Crippen LogP contribution >= 0.6 is 0 Å². The molecule has 0 fully saturated rings. The molecular weight excluding hydrogens is 346 g/mol. The van der Waals surface area contributed by atoms with E-state index in [-0.39, 0.29) is 23.3 Å². The summed E-state index contributed by atoms with van der Waals surface area (Å²) in [6.45, 7) is 4.83. The summed E-state index contributed by atoms with van der Waals surface area (Å²) >= 11 is 0. The number of hydrogen-bond acceptors (Lipinski definition) is 5. The van der Waals surface area contributed by atoms with E-state index in [4.69, 9.17) is 0 Å². The Labute approximate surface area is 148 Å². The normalized spacial score (nSPS) is 11.2. The van der Waals surface area contributed by atoms with Gasteiger partial charge in [-0.2, -0.15) is 0 Å². The van der Waals surface area contributed by atoms with Crippen LogP contribution in [0.1, 0.15) is 37.0 Å². The molecule has 0 aliphatic rings. The third kappa shape index (κ3) is 6.45. The third-order valence-corrected chi connectivity index (χ3v) is 4.57. The van der Waals surface area contributed by atoms with Crippen molar-refractivity contribution < 1.29 is 22.8 Å². The number of carbonyl (C=O) groups is 2. The molecule has 1 aromatic rings. The standard InChI is InChI=1S/C16H25N3O5S/c1-4-10-17-15(20)12-19(11-5-2)16(21)13-6-8-14(9-7-13)25(22,23)18-24-3/h6-9,18H,4-5,10-12H2,1-3H3,(H,17,20). The molecule has 0 bridgehead atoms. The largest absolute Gasteiger partial charge is 0.355 e. The Hall–Kier alpha value is -1.97. The number of benzene rings is 1. The van der Waals surface area contributed by atoms with Crippen molar-refractivity contribution in [2.45, 2.75) is 31.6 Å². The van der Waals surface area contributed by atoms with Crippen molar-refractivity contribution in [1.82, 2.24) is 15.1 Å². The van der Waals surface area contributed by atoms with Gasteiger partial charge >= 0.3 is 0 Å². The first-order valence-corrected chi connectivity index (χ1v) is 9.54. The summed E-state index contributed by atoms with van der Waals surface area (Å²) in [4.78, 5) is 32.2. The number of nitrogens with zero attached hydrogens (tertiary/aromatic N) is 1. The van der Waals surface area contributed by atoms with Crippen LogP contribution in [-0.2, 0) is 19.7 Å². The van der Waals surface area contributed by atoms with E-state index in [1.807, 2.05) is 18.7 Å². The number of sulfonamides is 1. The number of hydrogen-bond donors (Lipinski definition) is 2. The number of amides is 2. The van der Waals surface area contributed by atoms with Crippen molar-refractivity contribution >= 4 is 21.8 Å². The van der Waals surface area contributed by atoms with Gasteiger partial charge < -0.3 is 10.2 Å². The Balaban J connectivity index is 2.89. The van der Waals surface area contributed by atoms with Crippen LogP contribution in [0.4, 0.5) is 0 Å². The minimum absolute atomic E-state index is 0.0198. The minimum atomic E-state index is -3.77. The summed E-state index contributed by atoms with van der Waals surface area (Å²) in [7, 11) is -2.58. The van der Waals surface area contributed by atoms with Crippen molar-refractivity contribution in [2.75, 3.05) is 26.7 Å². The highest BCUT2D eigenvalue weighted by Crippen LogP contribution is 2.12. The van der Waals surface area contributed by atoms with Crippen LogP contribution in [0.25, 0.3) is 0 Å². The van der Waals surface area contributed by atoms with Gasteiger partial charge in [0, 0.05) is 18.7 Å². The summed E-state index contributed by atoms with van der Waals surface area (Å²) in [5, 5.41) is 2.74. The van der Waals surface area contributed by atoms with Gasteiger partial charge in [-0.05, 0) is 37.1 Å². The Morgan fingerprint density at radius 2 is 1.76 bits per heavy atom. The molecule has 0 aromatic heterocycles. The summed E-state index contributed by atoms with van der Waals surface area (Å²) in [5.74, 6) is -0.538. The molecule has 0 saturated heterocycles. The van der Waals surface area contributed by atoms with Gasteiger partial charge in [0.25, 0.3) is 15.9 Å². The first-order chi connectivity index (χ1) is 11.9. The van der Waals surface area contributed by atoms with Crippen LogP contribution in [0.3, 0.4) is 0 Å². The molecule has 9 heteroatoms. The van der Waals surface area contributed by atoms with Gasteiger partial charge in [0.05, 0.1) is 18.6 Å². The zero-order valence-corrected chi connectivity index (χ0v) is 15.6. The van der Waals surface area contributed by atoms with Crippen LogP contribution < -0.4 is 10.2 Å². The second kappa shape index (κ2) is 10.1. The van der Waals surface area contributed by atoms with Gasteiger partial charge in [0.2, 0.25) is 5.91 Å². The number of carbonyl (C=O) groups excluding carboxylic acids is 2. The van der Waals surface area contributed by atoms with Crippen molar-refractivity contribution in [3.8, 4) is 0 Å². The van der Waals surface area contributed by atoms with Crippen molar-refractivity contribution in [2.24, 2.45) is 0 Å². The first-order valence-electron chi connectivity index (χ1n) is 8.06. The van der Waals surface area contributed by atoms with E-state index in [0.29, 0.717) is 25.1 Å². The molecule has 1 rings (SSSR count). The van der Waals surface area contributed by atoms with Gasteiger partial charge in [-0.1, -0.05) is 18.7 Å². The smallest absolute Gasteiger partial charge is 0.262 e. The first kappa shape index (κ1) is 21.1. The summed E-state index contributed by atoms with van der Waals surface area (Å²) in [5.41, 5.74) is 0.313. The Kier molecular flexibility index (Phi) is 8.53. The highest BCUT2D eigenvalue weighted by Gasteiger charge is 2.19. The number of rotatable bonds is 10. The highest BCUT2D eigenvalue weighted by molar-refractivity contribution is 7.89. The predicted molar refractivity (Wildman–Crippen MR) is 93.3 cm³/mol. The number of nitrogens with one attached hydrogen (secondary N) is 2. The SMILES string of the molecule is CCCNC(=O)CN(CCC)C(=O)c1ccc(S(=O)(=O)NOC)cc1. The second-order valence-electron chi connectivity index (χ2n) is 5.39. The molecule has 25 heavy (non-hydrogen) atoms. The highest BCUT2D eigenvalue weighted by atomic mass is 32.2. The molecule has 0 aliphatic heterocycles. The van der Waals surface area contributed by atoms with Gasteiger partial charge in [0.15, 0.2) is 0 Å². The average Bonchev–Trinajstić information content (AvgIpc) is 2.59. The fraction of sp³-hybridized carbons (Fsp3) is 0.500. The van der Waals surface area contributed by atoms with E-state index < -0.39 is 10.0 Å². The van der Waals surface area contributed by atoms with Crippen LogP contribution in [0.5, 0.6) is 0 Å². The van der Waals surface area contributed by atoms with Crippen LogP contribution in [-0.4, -0.2) is 51.9 Å². The minimum Gasteiger partial charge on any atom is -0.355 e. The Morgan fingerprint density at radius 1 is 1.12 bits per heavy atom. The van der Waals surface area contributed by atoms with E-state index in [2.05, 4.69) is 10.2 Å². The van der Waals surface area contributed by atoms with Gasteiger partial charge in [-0.25, -0.2) is 8.42 Å². The molecule has 0 atom stereocenters. The maximum Gasteiger partial charge on any atom is 0.262 e. The topological polar surface area (TPSA) is 105 Å². The van der Waals surface area contributed by atoms with Gasteiger partial charge in [-0.15, -0.1) is 0 Å². The van der Waals surface area contributed by atoms with E-state index >= 15 is 0 Å². The molecule has 0 aliphatic carbocycles. The van der Waals surface area contributed by atoms with E-state index in [1.54, 1.807) is 0 Å². The zero-order chi connectivity index (χ0) is 18.9. The molecule has 0 radical (unpaired) electrons. The fourth-order valence-corrected chi connectivity index (χ4v) is 2.94. The third-order valence-electron chi connectivity index (χ3n) is 3.29. The lowest BCUT2D eigenvalue weighted by Crippen LogP contribution is -2.41. The maximum atomic E-state index is 12.6. The maximum absolute atomic E-state index is 12.6. The molecule has 0 unspecified atom stereocenters. The molecular formula is C16H25N3O5S. The van der Waals surface area contributed by atoms with E-state index in [1.165, 1.54) is 36.3 Å². The molecule has 0 saturated carbocycles. The molecule has 8 nitrogen and oxygen atoms in total. The molecule has 2 amide bonds. The van der Waals surface area contributed by atoms with E-state index in [0.717, 1.165) is 6.42 Å². The van der Waals surface area contributed by atoms with Crippen molar-refractivity contribution in [3.63, 3.8) is 0 Å². The Morgan fingerprint density at radius 3 is 2.28 bits per heavy atom. The molecule has 2 N–H and O–H groups in total. The second-order valence-corrected chi connectivity index (χ2v) is 7.04. The average molecular weight is 371 g/mol. The molecule has 0 spiro atoms. The van der Waals surface area contributed by atoms with E-state index in [9.17, 15) is 18.0 Å². The molecule has 140 valence electrons. The fourth-order valence-electron chi connectivity index (χ4n) is 2.13. The summed E-state index contributed by atoms with van der Waals surface area (Å²) < 4.78 is 23.6. The van der Waals surface area contributed by atoms with Gasteiger partial charge in [0.1, 0.15) is 0 Å². The summed E-state index contributed by atoms with van der Waals surface area (Å²) in [6.07, 6.45) is 1.52. The lowest BCUT2D eigenvalue weighted by molar-refractivity contribution is -0.121. The lowest BCUT2D eigenvalue weighted by atomic mass is 10.2. The molecule has 0 heterocycles. The predicted octanol–water partition coefficient (Wildman–Crippen LogP) is 0.905. The quantitative estimate of drug-likeness (QED) is 0.595. The lowest BCUT2D eigenvalue weighted by Gasteiger charge is -2.21. The van der Waals surface area contributed by atoms with Crippen LogP contribution in [0, 0.1) is 0 Å². The van der Waals surface area contributed by atoms with Crippen molar-refractivity contribution in [1.29, 1.82) is 0 Å². The molecule has 1 aromatic carbocycles. The zero-order valence-electron chi connectivity index (χ0n) is 14.7. The van der Waals surface area contributed by atoms with Gasteiger partial charge in [-0.3, -0.25) is 14.4 Å². The van der Waals surface area contributed by atoms with Crippen molar-refractivity contribution in [3.05, 3.63) is 29.8 Å². The monoisotopic (exact) mass is 371 g/mol. The van der Waals surface area contributed by atoms with Crippen LogP contribution in [0.15, 0.2) is 29.2 Å². The van der Waals surface area contributed by atoms with Crippen LogP contribution in [0.2, 0.25) is 0 Å². The summed E-state index contributed by atoms with van der Waals surface area (Å²) in [6, 6.07) is 5.46.